The highest BCUT2D eigenvalue weighted by Gasteiger charge is 2.35. The van der Waals surface area contributed by atoms with E-state index >= 15 is 0 Å². The van der Waals surface area contributed by atoms with Gasteiger partial charge in [-0.15, -0.1) is 0 Å². The molecule has 2 rings (SSSR count). The molecule has 0 spiro atoms. The second-order valence-electron chi connectivity index (χ2n) is 5.33. The van der Waals surface area contributed by atoms with Crippen LogP contribution in [0.4, 0.5) is 5.69 Å². The maximum Gasteiger partial charge on any atom is 0.0387 e. The number of halogens is 1. The van der Waals surface area contributed by atoms with Gasteiger partial charge in [-0.1, -0.05) is 35.8 Å². The highest BCUT2D eigenvalue weighted by molar-refractivity contribution is 9.10. The summed E-state index contributed by atoms with van der Waals surface area (Å²) in [4.78, 5) is 2.54. The molecule has 2 nitrogen and oxygen atoms in total. The lowest BCUT2D eigenvalue weighted by atomic mass is 9.88. The Bertz CT molecular complexity index is 401. The minimum absolute atomic E-state index is 0.273. The number of piperazine rings is 1. The first-order valence-corrected chi connectivity index (χ1v) is 7.67. The Morgan fingerprint density at radius 3 is 2.72 bits per heavy atom. The Hall–Kier alpha value is -0.540. The average Bonchev–Trinajstić information content (AvgIpc) is 2.40. The fourth-order valence-corrected chi connectivity index (χ4v) is 3.12. The van der Waals surface area contributed by atoms with Crippen LogP contribution in [0.5, 0.6) is 0 Å². The van der Waals surface area contributed by atoms with Crippen LogP contribution in [0.2, 0.25) is 0 Å². The molecule has 1 N–H and O–H groups in total. The van der Waals surface area contributed by atoms with E-state index < -0.39 is 0 Å². The van der Waals surface area contributed by atoms with Gasteiger partial charge in [0, 0.05) is 34.8 Å². The monoisotopic (exact) mass is 310 g/mol. The van der Waals surface area contributed by atoms with E-state index in [9.17, 15) is 0 Å². The molecule has 1 aliphatic heterocycles. The summed E-state index contributed by atoms with van der Waals surface area (Å²) in [5.74, 6) is 0. The van der Waals surface area contributed by atoms with Crippen molar-refractivity contribution in [3.05, 3.63) is 28.7 Å². The number of hydrogen-bond acceptors (Lipinski definition) is 2. The van der Waals surface area contributed by atoms with Crippen molar-refractivity contribution in [3.8, 4) is 0 Å². The molecule has 100 valence electrons. The molecule has 18 heavy (non-hydrogen) atoms. The van der Waals surface area contributed by atoms with Gasteiger partial charge in [0.15, 0.2) is 0 Å². The Balaban J connectivity index is 2.25. The zero-order valence-corrected chi connectivity index (χ0v) is 13.1. The molecule has 1 fully saturated rings. The Morgan fingerprint density at radius 2 is 2.11 bits per heavy atom. The molecule has 1 aliphatic rings. The first kappa shape index (κ1) is 13.9. The Kier molecular flexibility index (Phi) is 4.33. The largest absolute Gasteiger partial charge is 0.366 e. The van der Waals surface area contributed by atoms with Gasteiger partial charge < -0.3 is 10.2 Å². The quantitative estimate of drug-likeness (QED) is 0.913. The van der Waals surface area contributed by atoms with Gasteiger partial charge in [-0.3, -0.25) is 0 Å². The molecule has 0 aromatic heterocycles. The van der Waals surface area contributed by atoms with Gasteiger partial charge >= 0.3 is 0 Å². The number of benzene rings is 1. The first-order chi connectivity index (χ1) is 8.60. The van der Waals surface area contributed by atoms with Crippen molar-refractivity contribution in [1.29, 1.82) is 0 Å². The topological polar surface area (TPSA) is 15.3 Å². The van der Waals surface area contributed by atoms with E-state index in [2.05, 4.69) is 71.2 Å². The van der Waals surface area contributed by atoms with E-state index in [1.165, 1.54) is 18.5 Å². The van der Waals surface area contributed by atoms with Crippen molar-refractivity contribution in [2.75, 3.05) is 18.0 Å². The minimum atomic E-state index is 0.273. The average molecular weight is 311 g/mol. The molecule has 0 aliphatic carbocycles. The second-order valence-corrected chi connectivity index (χ2v) is 6.24. The molecule has 1 heterocycles. The first-order valence-electron chi connectivity index (χ1n) is 6.87. The summed E-state index contributed by atoms with van der Waals surface area (Å²) in [5.41, 5.74) is 1.60. The van der Waals surface area contributed by atoms with E-state index in [0.717, 1.165) is 17.6 Å². The van der Waals surface area contributed by atoms with Crippen molar-refractivity contribution in [2.45, 2.75) is 45.2 Å². The third-order valence-corrected chi connectivity index (χ3v) is 4.76. The molecule has 0 amide bonds. The highest BCUT2D eigenvalue weighted by Crippen LogP contribution is 2.28. The van der Waals surface area contributed by atoms with Crippen molar-refractivity contribution in [3.63, 3.8) is 0 Å². The third kappa shape index (κ3) is 2.72. The standard InChI is InChI=1S/C15H23BrN2/c1-4-15(5-2)11-18(12(3)10-17-15)14-8-6-7-13(16)9-14/h6-9,12,17H,4-5,10-11H2,1-3H3. The lowest BCUT2D eigenvalue weighted by molar-refractivity contribution is 0.254. The van der Waals surface area contributed by atoms with E-state index in [0.29, 0.717) is 6.04 Å². The molecular weight excluding hydrogens is 288 g/mol. The van der Waals surface area contributed by atoms with Gasteiger partial charge in [-0.25, -0.2) is 0 Å². The van der Waals surface area contributed by atoms with Crippen molar-refractivity contribution in [2.24, 2.45) is 0 Å². The fourth-order valence-electron chi connectivity index (χ4n) is 2.74. The van der Waals surface area contributed by atoms with Crippen LogP contribution in [-0.4, -0.2) is 24.7 Å². The van der Waals surface area contributed by atoms with Gasteiger partial charge in [0.2, 0.25) is 0 Å². The summed E-state index contributed by atoms with van der Waals surface area (Å²) >= 11 is 3.57. The van der Waals surface area contributed by atoms with Gasteiger partial charge in [0.1, 0.15) is 0 Å². The number of nitrogens with one attached hydrogen (secondary N) is 1. The predicted molar refractivity (Wildman–Crippen MR) is 82.3 cm³/mol. The van der Waals surface area contributed by atoms with Gasteiger partial charge in [-0.05, 0) is 38.0 Å². The number of nitrogens with zero attached hydrogens (tertiary/aromatic N) is 1. The van der Waals surface area contributed by atoms with E-state index in [-0.39, 0.29) is 5.54 Å². The molecule has 1 unspecified atom stereocenters. The highest BCUT2D eigenvalue weighted by atomic mass is 79.9. The number of hydrogen-bond donors (Lipinski definition) is 1. The zero-order chi connectivity index (χ0) is 13.2. The van der Waals surface area contributed by atoms with Crippen molar-refractivity contribution < 1.29 is 0 Å². The van der Waals surface area contributed by atoms with Crippen LogP contribution in [0.15, 0.2) is 28.7 Å². The van der Waals surface area contributed by atoms with Crippen LogP contribution in [0.1, 0.15) is 33.6 Å². The summed E-state index contributed by atoms with van der Waals surface area (Å²) in [6.07, 6.45) is 2.36. The summed E-state index contributed by atoms with van der Waals surface area (Å²) in [6.45, 7) is 9.02. The smallest absolute Gasteiger partial charge is 0.0387 e. The van der Waals surface area contributed by atoms with Crippen LogP contribution in [0.25, 0.3) is 0 Å². The van der Waals surface area contributed by atoms with Gasteiger partial charge in [0.25, 0.3) is 0 Å². The van der Waals surface area contributed by atoms with Crippen LogP contribution < -0.4 is 10.2 Å². The molecule has 1 saturated heterocycles. The lowest BCUT2D eigenvalue weighted by Crippen LogP contribution is -2.63. The second kappa shape index (κ2) is 5.62. The van der Waals surface area contributed by atoms with Crippen LogP contribution >= 0.6 is 15.9 Å². The molecular formula is C15H23BrN2. The van der Waals surface area contributed by atoms with E-state index in [1.807, 2.05) is 0 Å². The molecule has 1 aromatic rings. The van der Waals surface area contributed by atoms with E-state index in [4.69, 9.17) is 0 Å². The molecule has 3 heteroatoms. The Labute approximate surface area is 119 Å². The lowest BCUT2D eigenvalue weighted by Gasteiger charge is -2.47. The van der Waals surface area contributed by atoms with E-state index in [1.54, 1.807) is 0 Å². The minimum Gasteiger partial charge on any atom is -0.366 e. The number of rotatable bonds is 3. The zero-order valence-electron chi connectivity index (χ0n) is 11.5. The maximum atomic E-state index is 3.74. The Morgan fingerprint density at radius 1 is 1.39 bits per heavy atom. The predicted octanol–water partition coefficient (Wildman–Crippen LogP) is 3.81. The molecule has 0 bridgehead atoms. The van der Waals surface area contributed by atoms with Gasteiger partial charge in [-0.2, -0.15) is 0 Å². The fraction of sp³-hybridized carbons (Fsp3) is 0.600. The summed E-state index contributed by atoms with van der Waals surface area (Å²) < 4.78 is 1.16. The SMILES string of the molecule is CCC1(CC)CN(c2cccc(Br)c2)C(C)CN1. The van der Waals surface area contributed by atoms with Crippen molar-refractivity contribution in [1.82, 2.24) is 5.32 Å². The molecule has 1 atom stereocenters. The normalized spacial score (nSPS) is 23.1. The maximum absolute atomic E-state index is 3.74. The van der Waals surface area contributed by atoms with Crippen LogP contribution in [0.3, 0.4) is 0 Å². The molecule has 0 saturated carbocycles. The molecule has 1 aromatic carbocycles. The molecule has 0 radical (unpaired) electrons. The van der Waals surface area contributed by atoms with Crippen LogP contribution in [-0.2, 0) is 0 Å². The summed E-state index contributed by atoms with van der Waals surface area (Å²) in [7, 11) is 0. The number of anilines is 1. The summed E-state index contributed by atoms with van der Waals surface area (Å²) in [5, 5.41) is 3.74. The third-order valence-electron chi connectivity index (χ3n) is 4.27. The van der Waals surface area contributed by atoms with Crippen molar-refractivity contribution >= 4 is 21.6 Å². The van der Waals surface area contributed by atoms with Gasteiger partial charge in [0.05, 0.1) is 0 Å². The van der Waals surface area contributed by atoms with Crippen LogP contribution in [0, 0.1) is 0 Å². The summed E-state index contributed by atoms with van der Waals surface area (Å²) in [6, 6.07) is 9.18.